The van der Waals surface area contributed by atoms with E-state index in [1.807, 2.05) is 0 Å². The molecule has 0 unspecified atom stereocenters. The highest BCUT2D eigenvalue weighted by atomic mass is 35.5. The van der Waals surface area contributed by atoms with Crippen molar-refractivity contribution in [3.8, 4) is 34.1 Å². The Morgan fingerprint density at radius 2 is 1.64 bits per heavy atom. The summed E-state index contributed by atoms with van der Waals surface area (Å²) in [6.45, 7) is -0.296. The quantitative estimate of drug-likeness (QED) is 0.687. The lowest BCUT2D eigenvalue weighted by Gasteiger charge is -2.08. The lowest BCUT2D eigenvalue weighted by atomic mass is 10.0. The highest BCUT2D eigenvalue weighted by Gasteiger charge is 2.22. The molecule has 0 bridgehead atoms. The number of ether oxygens (including phenoxy) is 2. The molecule has 2 aromatic carbocycles. The van der Waals surface area contributed by atoms with Crippen molar-refractivity contribution in [2.24, 2.45) is 0 Å². The van der Waals surface area contributed by atoms with Gasteiger partial charge in [-0.2, -0.15) is 0 Å². The second-order valence-electron chi connectivity index (χ2n) is 5.19. The first-order valence-corrected chi connectivity index (χ1v) is 8.11. The number of methoxy groups -OCH3 is 2. The van der Waals surface area contributed by atoms with Gasteiger partial charge in [-0.05, 0) is 24.3 Å². The zero-order valence-corrected chi connectivity index (χ0v) is 15.1. The highest BCUT2D eigenvalue weighted by molar-refractivity contribution is 6.39. The maximum absolute atomic E-state index is 9.90. The third kappa shape index (κ3) is 3.31. The summed E-state index contributed by atoms with van der Waals surface area (Å²) in [6, 6.07) is 10.4. The highest BCUT2D eigenvalue weighted by Crippen LogP contribution is 2.40. The normalized spacial score (nSPS) is 10.8. The molecule has 7 heteroatoms. The van der Waals surface area contributed by atoms with Crippen molar-refractivity contribution in [1.82, 2.24) is 5.16 Å². The Kier molecular flexibility index (Phi) is 5.18. The lowest BCUT2D eigenvalue weighted by molar-refractivity contribution is 0.281. The van der Waals surface area contributed by atoms with Crippen molar-refractivity contribution in [3.05, 3.63) is 52.0 Å². The van der Waals surface area contributed by atoms with Gasteiger partial charge in [-0.15, -0.1) is 0 Å². The minimum atomic E-state index is -0.296. The number of aliphatic hydroxyl groups excluding tert-OH is 1. The van der Waals surface area contributed by atoms with E-state index in [1.165, 1.54) is 0 Å². The smallest absolute Gasteiger partial charge is 0.173 e. The lowest BCUT2D eigenvalue weighted by Crippen LogP contribution is -1.92. The average molecular weight is 380 g/mol. The summed E-state index contributed by atoms with van der Waals surface area (Å²) in [6.07, 6.45) is 0. The van der Waals surface area contributed by atoms with Crippen molar-refractivity contribution in [1.29, 1.82) is 0 Å². The van der Waals surface area contributed by atoms with Crippen molar-refractivity contribution in [3.63, 3.8) is 0 Å². The first-order chi connectivity index (χ1) is 12.1. The van der Waals surface area contributed by atoms with Crippen LogP contribution in [0.4, 0.5) is 0 Å². The number of hydrogen-bond acceptors (Lipinski definition) is 5. The number of aliphatic hydroxyl groups is 1. The molecular formula is C18H15Cl2NO4. The number of hydrogen-bond donors (Lipinski definition) is 1. The van der Waals surface area contributed by atoms with Gasteiger partial charge in [0.2, 0.25) is 0 Å². The number of aromatic nitrogens is 1. The molecule has 25 heavy (non-hydrogen) atoms. The molecule has 0 saturated carbocycles. The standard InChI is InChI=1S/C18H15Cl2NO4/c1-23-11-6-10(7-12(8-11)24-2)18-13(9-22)17(21-25-18)16-14(19)4-3-5-15(16)20/h3-8,22H,9H2,1-2H3. The van der Waals surface area contributed by atoms with E-state index in [2.05, 4.69) is 5.16 Å². The molecule has 0 saturated heterocycles. The molecule has 0 radical (unpaired) electrons. The molecule has 5 nitrogen and oxygen atoms in total. The number of halogens is 2. The topological polar surface area (TPSA) is 64.7 Å². The van der Waals surface area contributed by atoms with Crippen molar-refractivity contribution in [2.75, 3.05) is 14.2 Å². The molecule has 0 aliphatic rings. The van der Waals surface area contributed by atoms with Crippen molar-refractivity contribution in [2.45, 2.75) is 6.61 Å². The van der Waals surface area contributed by atoms with E-state index in [0.29, 0.717) is 49.7 Å². The Labute approximate surface area is 154 Å². The monoisotopic (exact) mass is 379 g/mol. The third-order valence-corrected chi connectivity index (χ3v) is 4.39. The summed E-state index contributed by atoms with van der Waals surface area (Å²) in [4.78, 5) is 0. The van der Waals surface area contributed by atoms with Gasteiger partial charge in [0.1, 0.15) is 17.2 Å². The Balaban J connectivity index is 2.19. The van der Waals surface area contributed by atoms with Crippen LogP contribution < -0.4 is 9.47 Å². The summed E-state index contributed by atoms with van der Waals surface area (Å²) in [5, 5.41) is 14.8. The van der Waals surface area contributed by atoms with Crippen molar-refractivity contribution >= 4 is 23.2 Å². The molecular weight excluding hydrogens is 365 g/mol. The number of benzene rings is 2. The maximum Gasteiger partial charge on any atom is 0.173 e. The van der Waals surface area contributed by atoms with Crippen LogP contribution in [-0.2, 0) is 6.61 Å². The summed E-state index contributed by atoms with van der Waals surface area (Å²) >= 11 is 12.5. The van der Waals surface area contributed by atoms with E-state index < -0.39 is 0 Å². The second-order valence-corrected chi connectivity index (χ2v) is 6.01. The molecule has 1 heterocycles. The largest absolute Gasteiger partial charge is 0.497 e. The second kappa shape index (κ2) is 7.35. The predicted molar refractivity (Wildman–Crippen MR) is 96.4 cm³/mol. The molecule has 0 aliphatic heterocycles. The molecule has 1 N–H and O–H groups in total. The van der Waals surface area contributed by atoms with Gasteiger partial charge < -0.3 is 19.1 Å². The Morgan fingerprint density at radius 1 is 1.04 bits per heavy atom. The van der Waals surface area contributed by atoms with Crippen molar-refractivity contribution < 1.29 is 19.1 Å². The van der Waals surface area contributed by atoms with Gasteiger partial charge in [0.25, 0.3) is 0 Å². The summed E-state index contributed by atoms with van der Waals surface area (Å²) in [7, 11) is 3.11. The van der Waals surface area contributed by atoms with E-state index in [1.54, 1.807) is 50.6 Å². The van der Waals surface area contributed by atoms with E-state index in [-0.39, 0.29) is 6.61 Å². The molecule has 0 aliphatic carbocycles. The number of rotatable bonds is 5. The Bertz CT molecular complexity index is 866. The van der Waals surface area contributed by atoms with Crippen LogP contribution in [0.25, 0.3) is 22.6 Å². The fourth-order valence-corrected chi connectivity index (χ4v) is 3.12. The van der Waals surface area contributed by atoms with Gasteiger partial charge >= 0.3 is 0 Å². The molecule has 0 fully saturated rings. The third-order valence-electron chi connectivity index (χ3n) is 3.76. The van der Waals surface area contributed by atoms with Gasteiger partial charge in [0.05, 0.1) is 36.4 Å². The SMILES string of the molecule is COc1cc(OC)cc(-c2onc(-c3c(Cl)cccc3Cl)c2CO)c1. The molecule has 130 valence electrons. The van der Waals surface area contributed by atoms with Crippen LogP contribution in [0.15, 0.2) is 40.9 Å². The molecule has 3 aromatic rings. The molecule has 1 aromatic heterocycles. The minimum Gasteiger partial charge on any atom is -0.497 e. The minimum absolute atomic E-state index is 0.296. The van der Waals surface area contributed by atoms with Gasteiger partial charge in [0, 0.05) is 17.2 Å². The fraction of sp³-hybridized carbons (Fsp3) is 0.167. The molecule has 0 atom stereocenters. The predicted octanol–water partition coefficient (Wildman–Crippen LogP) is 4.82. The zero-order valence-electron chi connectivity index (χ0n) is 13.5. The van der Waals surface area contributed by atoms with E-state index >= 15 is 0 Å². The summed E-state index contributed by atoms with van der Waals surface area (Å²) in [5.74, 6) is 1.57. The van der Waals surface area contributed by atoms with Gasteiger partial charge in [-0.3, -0.25) is 0 Å². The van der Waals surface area contributed by atoms with Gasteiger partial charge in [-0.25, -0.2) is 0 Å². The van der Waals surface area contributed by atoms with Crippen LogP contribution in [0.2, 0.25) is 10.0 Å². The van der Waals surface area contributed by atoms with E-state index in [0.717, 1.165) is 0 Å². The molecule has 0 spiro atoms. The van der Waals surface area contributed by atoms with Gasteiger partial charge in [-0.1, -0.05) is 34.4 Å². The summed E-state index contributed by atoms with van der Waals surface area (Å²) < 4.78 is 16.0. The zero-order chi connectivity index (χ0) is 18.0. The van der Waals surface area contributed by atoms with Crippen LogP contribution >= 0.6 is 23.2 Å². The van der Waals surface area contributed by atoms with Crippen LogP contribution in [-0.4, -0.2) is 24.5 Å². The fourth-order valence-electron chi connectivity index (χ4n) is 2.54. The van der Waals surface area contributed by atoms with E-state index in [9.17, 15) is 5.11 Å². The van der Waals surface area contributed by atoms with E-state index in [4.69, 9.17) is 37.2 Å². The Morgan fingerprint density at radius 3 is 2.16 bits per heavy atom. The molecule has 0 amide bonds. The first kappa shape index (κ1) is 17.6. The maximum atomic E-state index is 9.90. The molecule has 3 rings (SSSR count). The van der Waals surface area contributed by atoms with Crippen LogP contribution in [0.5, 0.6) is 11.5 Å². The average Bonchev–Trinajstić information content (AvgIpc) is 3.04. The van der Waals surface area contributed by atoms with Crippen LogP contribution in [0, 0.1) is 0 Å². The summed E-state index contributed by atoms with van der Waals surface area (Å²) in [5.41, 5.74) is 2.04. The first-order valence-electron chi connectivity index (χ1n) is 7.36. The Hall–Kier alpha value is -2.21. The van der Waals surface area contributed by atoms with Crippen LogP contribution in [0.1, 0.15) is 5.56 Å². The van der Waals surface area contributed by atoms with Gasteiger partial charge in [0.15, 0.2) is 5.76 Å². The van der Waals surface area contributed by atoms with Crippen LogP contribution in [0.3, 0.4) is 0 Å². The number of nitrogens with zero attached hydrogens (tertiary/aromatic N) is 1.